The lowest BCUT2D eigenvalue weighted by atomic mass is 9.92. The number of nitrogens with one attached hydrogen (secondary N) is 2. The largest absolute Gasteiger partial charge is 0.370 e. The Morgan fingerprint density at radius 2 is 2.25 bits per heavy atom. The molecule has 1 aliphatic rings. The zero-order valence-corrected chi connectivity index (χ0v) is 10.0. The molecule has 0 spiro atoms. The van der Waals surface area contributed by atoms with Crippen molar-refractivity contribution in [2.24, 2.45) is 5.73 Å². The van der Waals surface area contributed by atoms with Crippen LogP contribution in [0.25, 0.3) is 0 Å². The fourth-order valence-electron chi connectivity index (χ4n) is 2.18. The van der Waals surface area contributed by atoms with E-state index >= 15 is 0 Å². The van der Waals surface area contributed by atoms with Gasteiger partial charge in [-0.15, -0.1) is 0 Å². The van der Waals surface area contributed by atoms with Crippen LogP contribution in [0.5, 0.6) is 0 Å². The van der Waals surface area contributed by atoms with E-state index in [1.807, 2.05) is 6.92 Å². The van der Waals surface area contributed by atoms with Crippen LogP contribution in [0.2, 0.25) is 0 Å². The summed E-state index contributed by atoms with van der Waals surface area (Å²) in [5.74, 6) is -0.404. The summed E-state index contributed by atoms with van der Waals surface area (Å²) in [4.78, 5) is 22.8. The predicted molar refractivity (Wildman–Crippen MR) is 61.7 cm³/mol. The van der Waals surface area contributed by atoms with Gasteiger partial charge in [-0.25, -0.2) is 0 Å². The van der Waals surface area contributed by atoms with Crippen molar-refractivity contribution in [3.05, 3.63) is 0 Å². The maximum atomic E-state index is 12.1. The van der Waals surface area contributed by atoms with E-state index in [1.54, 1.807) is 6.92 Å². The number of amides is 2. The average molecular weight is 227 g/mol. The summed E-state index contributed by atoms with van der Waals surface area (Å²) in [6, 6.07) is -0.198. The van der Waals surface area contributed by atoms with Gasteiger partial charge in [0.2, 0.25) is 11.8 Å². The molecule has 5 nitrogen and oxygen atoms in total. The predicted octanol–water partition coefficient (Wildman–Crippen LogP) is -0.101. The molecule has 16 heavy (non-hydrogen) atoms. The molecule has 0 saturated carbocycles. The number of carbonyl (C=O) groups excluding carboxylic acids is 2. The van der Waals surface area contributed by atoms with Crippen molar-refractivity contribution in [1.29, 1.82) is 0 Å². The lowest BCUT2D eigenvalue weighted by Crippen LogP contribution is -2.55. The Morgan fingerprint density at radius 3 is 2.69 bits per heavy atom. The van der Waals surface area contributed by atoms with Crippen molar-refractivity contribution in [2.75, 3.05) is 6.54 Å². The Balaban J connectivity index is 2.53. The molecule has 0 aromatic carbocycles. The summed E-state index contributed by atoms with van der Waals surface area (Å²) in [6.07, 6.45) is 2.83. The normalized spacial score (nSPS) is 26.4. The summed E-state index contributed by atoms with van der Waals surface area (Å²) in [5, 5.41) is 6.09. The van der Waals surface area contributed by atoms with Gasteiger partial charge in [-0.1, -0.05) is 6.92 Å². The topological polar surface area (TPSA) is 84.2 Å². The van der Waals surface area contributed by atoms with Crippen molar-refractivity contribution in [1.82, 2.24) is 10.6 Å². The second-order valence-corrected chi connectivity index (χ2v) is 4.51. The second-order valence-electron chi connectivity index (χ2n) is 4.51. The molecule has 0 aromatic rings. The van der Waals surface area contributed by atoms with Gasteiger partial charge in [0.25, 0.3) is 0 Å². The Morgan fingerprint density at radius 1 is 1.56 bits per heavy atom. The van der Waals surface area contributed by atoms with Crippen LogP contribution in [-0.2, 0) is 9.59 Å². The van der Waals surface area contributed by atoms with Gasteiger partial charge in [0, 0.05) is 12.5 Å². The molecule has 1 fully saturated rings. The minimum atomic E-state index is -0.439. The van der Waals surface area contributed by atoms with Gasteiger partial charge in [0.05, 0.1) is 5.54 Å². The second kappa shape index (κ2) is 5.30. The van der Waals surface area contributed by atoms with Crippen LogP contribution in [0.4, 0.5) is 0 Å². The number of primary amides is 1. The van der Waals surface area contributed by atoms with Crippen molar-refractivity contribution in [2.45, 2.75) is 51.1 Å². The Kier molecular flexibility index (Phi) is 4.29. The van der Waals surface area contributed by atoms with Crippen molar-refractivity contribution in [3.63, 3.8) is 0 Å². The van der Waals surface area contributed by atoms with Crippen LogP contribution in [0.1, 0.15) is 39.5 Å². The summed E-state index contributed by atoms with van der Waals surface area (Å²) < 4.78 is 0. The third kappa shape index (κ3) is 2.95. The minimum Gasteiger partial charge on any atom is -0.370 e. The van der Waals surface area contributed by atoms with E-state index in [-0.39, 0.29) is 18.4 Å². The smallest absolute Gasteiger partial charge is 0.240 e. The highest BCUT2D eigenvalue weighted by Crippen LogP contribution is 2.23. The summed E-state index contributed by atoms with van der Waals surface area (Å²) in [5.41, 5.74) is 4.64. The fourth-order valence-corrected chi connectivity index (χ4v) is 2.18. The SMILES string of the molecule is CCC1(C(=O)NC(C)CC(N)=O)CCCN1. The fraction of sp³-hybridized carbons (Fsp3) is 0.818. The zero-order chi connectivity index (χ0) is 12.2. The van der Waals surface area contributed by atoms with E-state index in [0.29, 0.717) is 0 Å². The molecule has 92 valence electrons. The quantitative estimate of drug-likeness (QED) is 0.613. The molecule has 2 unspecified atom stereocenters. The molecule has 0 radical (unpaired) electrons. The number of nitrogens with two attached hydrogens (primary N) is 1. The molecule has 2 amide bonds. The summed E-state index contributed by atoms with van der Waals surface area (Å²) in [6.45, 7) is 4.67. The van der Waals surface area contributed by atoms with Crippen LogP contribution >= 0.6 is 0 Å². The van der Waals surface area contributed by atoms with Crippen LogP contribution in [0.15, 0.2) is 0 Å². The molecule has 0 bridgehead atoms. The van der Waals surface area contributed by atoms with E-state index < -0.39 is 11.4 Å². The van der Waals surface area contributed by atoms with Crippen LogP contribution < -0.4 is 16.4 Å². The highest BCUT2D eigenvalue weighted by atomic mass is 16.2. The zero-order valence-electron chi connectivity index (χ0n) is 10.0. The van der Waals surface area contributed by atoms with E-state index in [9.17, 15) is 9.59 Å². The Labute approximate surface area is 96.1 Å². The third-order valence-corrected chi connectivity index (χ3v) is 3.17. The lowest BCUT2D eigenvalue weighted by molar-refractivity contribution is -0.128. The minimum absolute atomic E-state index is 0.0127. The van der Waals surface area contributed by atoms with Crippen LogP contribution in [0, 0.1) is 0 Å². The Bertz CT molecular complexity index is 272. The van der Waals surface area contributed by atoms with E-state index in [1.165, 1.54) is 0 Å². The van der Waals surface area contributed by atoms with E-state index in [0.717, 1.165) is 25.8 Å². The number of rotatable bonds is 5. The lowest BCUT2D eigenvalue weighted by Gasteiger charge is -2.28. The molecule has 0 aromatic heterocycles. The highest BCUT2D eigenvalue weighted by Gasteiger charge is 2.39. The maximum absolute atomic E-state index is 12.1. The van der Waals surface area contributed by atoms with Gasteiger partial charge in [-0.05, 0) is 32.7 Å². The van der Waals surface area contributed by atoms with Gasteiger partial charge in [0.15, 0.2) is 0 Å². The molecular formula is C11H21N3O2. The first kappa shape index (κ1) is 13.0. The first-order chi connectivity index (χ1) is 7.50. The maximum Gasteiger partial charge on any atom is 0.240 e. The molecule has 4 N–H and O–H groups in total. The first-order valence-corrected chi connectivity index (χ1v) is 5.84. The molecular weight excluding hydrogens is 206 g/mol. The Hall–Kier alpha value is -1.10. The number of carbonyl (C=O) groups is 2. The van der Waals surface area contributed by atoms with Crippen LogP contribution in [0.3, 0.4) is 0 Å². The van der Waals surface area contributed by atoms with Gasteiger partial charge >= 0.3 is 0 Å². The van der Waals surface area contributed by atoms with Crippen molar-refractivity contribution in [3.8, 4) is 0 Å². The molecule has 1 saturated heterocycles. The molecule has 0 aliphatic carbocycles. The molecule has 1 heterocycles. The van der Waals surface area contributed by atoms with Gasteiger partial charge in [-0.2, -0.15) is 0 Å². The number of hydrogen-bond donors (Lipinski definition) is 3. The van der Waals surface area contributed by atoms with Gasteiger partial charge in [-0.3, -0.25) is 9.59 Å². The standard InChI is InChI=1S/C11H21N3O2/c1-3-11(5-4-6-13-11)10(16)14-8(2)7-9(12)15/h8,13H,3-7H2,1-2H3,(H2,12,15)(H,14,16). The van der Waals surface area contributed by atoms with E-state index in [4.69, 9.17) is 5.73 Å². The van der Waals surface area contributed by atoms with Crippen molar-refractivity contribution >= 4 is 11.8 Å². The highest BCUT2D eigenvalue weighted by molar-refractivity contribution is 5.87. The van der Waals surface area contributed by atoms with Gasteiger partial charge in [0.1, 0.15) is 0 Å². The number of hydrogen-bond acceptors (Lipinski definition) is 3. The van der Waals surface area contributed by atoms with Crippen molar-refractivity contribution < 1.29 is 9.59 Å². The van der Waals surface area contributed by atoms with E-state index in [2.05, 4.69) is 10.6 Å². The monoisotopic (exact) mass is 227 g/mol. The van der Waals surface area contributed by atoms with Gasteiger partial charge < -0.3 is 16.4 Å². The molecule has 1 rings (SSSR count). The summed E-state index contributed by atoms with van der Waals surface area (Å²) in [7, 11) is 0. The summed E-state index contributed by atoms with van der Waals surface area (Å²) >= 11 is 0. The molecule has 5 heteroatoms. The molecule has 1 aliphatic heterocycles. The first-order valence-electron chi connectivity index (χ1n) is 5.84. The average Bonchev–Trinajstić information content (AvgIpc) is 2.65. The third-order valence-electron chi connectivity index (χ3n) is 3.17. The van der Waals surface area contributed by atoms with Crippen LogP contribution in [-0.4, -0.2) is 29.9 Å². The molecule has 2 atom stereocenters.